The van der Waals surface area contributed by atoms with E-state index in [4.69, 9.17) is 19.6 Å². The van der Waals surface area contributed by atoms with Crippen LogP contribution in [0.3, 0.4) is 0 Å². The molecule has 23 heavy (non-hydrogen) atoms. The van der Waals surface area contributed by atoms with Crippen molar-refractivity contribution < 1.29 is 18.7 Å². The van der Waals surface area contributed by atoms with E-state index in [0.29, 0.717) is 5.09 Å². The third kappa shape index (κ3) is 4.78. The summed E-state index contributed by atoms with van der Waals surface area (Å²) in [5, 5.41) is 3.41. The Hall–Kier alpha value is -1.90. The molecular weight excluding hydrogens is 318 g/mol. The van der Waals surface area contributed by atoms with Gasteiger partial charge < -0.3 is 20.6 Å². The molecule has 0 bridgehead atoms. The molecule has 1 saturated carbocycles. The van der Waals surface area contributed by atoms with E-state index in [1.165, 1.54) is 0 Å². The Morgan fingerprint density at radius 2 is 2.04 bits per heavy atom. The standard InChI is InChI=1S/C15H19N3O4S/c16-15(19)17-11-3-7-13(8-4-11)20-12-5-1-10(2-6-12)9-14-21-18-22-23-14/h1-2,5-6,9,11,13,18H,3-4,7-8H2,(H3,16,17,19). The van der Waals surface area contributed by atoms with Crippen LogP contribution in [0.2, 0.25) is 0 Å². The van der Waals surface area contributed by atoms with Crippen LogP contribution in [-0.2, 0) is 9.12 Å². The zero-order valence-electron chi connectivity index (χ0n) is 12.5. The lowest BCUT2D eigenvalue weighted by Gasteiger charge is -2.29. The highest BCUT2D eigenvalue weighted by Crippen LogP contribution is 2.27. The van der Waals surface area contributed by atoms with Crippen LogP contribution < -0.4 is 21.4 Å². The summed E-state index contributed by atoms with van der Waals surface area (Å²) < 4.78 is 10.8. The number of ether oxygens (including phenoxy) is 1. The molecular formula is C15H19N3O4S. The van der Waals surface area contributed by atoms with E-state index >= 15 is 0 Å². The third-order valence-electron chi connectivity index (χ3n) is 3.79. The van der Waals surface area contributed by atoms with Gasteiger partial charge in [0, 0.05) is 6.04 Å². The Morgan fingerprint density at radius 1 is 1.30 bits per heavy atom. The highest BCUT2D eigenvalue weighted by Gasteiger charge is 2.23. The number of hydrogen-bond donors (Lipinski definition) is 3. The van der Waals surface area contributed by atoms with Crippen LogP contribution in [0.25, 0.3) is 6.08 Å². The maximum atomic E-state index is 10.8. The molecule has 0 unspecified atom stereocenters. The molecule has 0 atom stereocenters. The van der Waals surface area contributed by atoms with E-state index in [1.807, 2.05) is 30.3 Å². The number of nitrogens with two attached hydrogens (primary N) is 1. The third-order valence-corrected chi connectivity index (χ3v) is 4.30. The fourth-order valence-corrected chi connectivity index (χ4v) is 3.09. The summed E-state index contributed by atoms with van der Waals surface area (Å²) in [7, 11) is 0. The van der Waals surface area contributed by atoms with Gasteiger partial charge in [0.25, 0.3) is 0 Å². The minimum atomic E-state index is -0.455. The molecule has 1 heterocycles. The van der Waals surface area contributed by atoms with Gasteiger partial charge in [0.05, 0.1) is 18.1 Å². The van der Waals surface area contributed by atoms with Crippen molar-refractivity contribution in [2.24, 2.45) is 5.73 Å². The molecule has 0 spiro atoms. The highest BCUT2D eigenvalue weighted by atomic mass is 32.2. The van der Waals surface area contributed by atoms with E-state index < -0.39 is 6.03 Å². The Balaban J connectivity index is 1.49. The van der Waals surface area contributed by atoms with Crippen molar-refractivity contribution in [2.75, 3.05) is 0 Å². The molecule has 1 aliphatic carbocycles. The number of amides is 2. The van der Waals surface area contributed by atoms with Crippen molar-refractivity contribution in [3.63, 3.8) is 0 Å². The minimum Gasteiger partial charge on any atom is -0.490 e. The van der Waals surface area contributed by atoms with Gasteiger partial charge in [0.1, 0.15) is 5.75 Å². The average Bonchev–Trinajstić information content (AvgIpc) is 3.04. The number of urea groups is 1. The summed E-state index contributed by atoms with van der Waals surface area (Å²) in [6.45, 7) is 0. The maximum absolute atomic E-state index is 10.8. The van der Waals surface area contributed by atoms with Gasteiger partial charge in [-0.2, -0.15) is 4.28 Å². The van der Waals surface area contributed by atoms with Crippen LogP contribution in [0.4, 0.5) is 4.79 Å². The molecule has 1 aromatic rings. The van der Waals surface area contributed by atoms with Crippen LogP contribution in [0.1, 0.15) is 31.2 Å². The lowest BCUT2D eigenvalue weighted by atomic mass is 9.93. The lowest BCUT2D eigenvalue weighted by Crippen LogP contribution is -2.42. The first-order valence-electron chi connectivity index (χ1n) is 7.49. The number of rotatable bonds is 4. The monoisotopic (exact) mass is 337 g/mol. The van der Waals surface area contributed by atoms with Crippen molar-refractivity contribution in [2.45, 2.75) is 37.8 Å². The number of benzene rings is 1. The van der Waals surface area contributed by atoms with Crippen molar-refractivity contribution in [1.29, 1.82) is 0 Å². The first kappa shape index (κ1) is 16.0. The van der Waals surface area contributed by atoms with E-state index in [0.717, 1.165) is 49.0 Å². The molecule has 7 nitrogen and oxygen atoms in total. The molecule has 1 aliphatic heterocycles. The summed E-state index contributed by atoms with van der Waals surface area (Å²) >= 11 is 1.13. The molecule has 2 fully saturated rings. The number of carbonyl (C=O) groups is 1. The van der Waals surface area contributed by atoms with Crippen LogP contribution in [0, 0.1) is 0 Å². The molecule has 2 aliphatic rings. The van der Waals surface area contributed by atoms with Gasteiger partial charge in [-0.15, -0.1) is 0 Å². The van der Waals surface area contributed by atoms with Gasteiger partial charge in [-0.3, -0.25) is 0 Å². The second-order valence-electron chi connectivity index (χ2n) is 5.48. The molecule has 0 aromatic heterocycles. The fourth-order valence-electron chi connectivity index (χ4n) is 2.68. The van der Waals surface area contributed by atoms with E-state index in [1.54, 1.807) is 0 Å². The maximum Gasteiger partial charge on any atom is 0.312 e. The summed E-state index contributed by atoms with van der Waals surface area (Å²) in [5.74, 6) is 0.841. The van der Waals surface area contributed by atoms with Crippen LogP contribution in [-0.4, -0.2) is 18.2 Å². The van der Waals surface area contributed by atoms with Crippen molar-refractivity contribution in [3.8, 4) is 5.75 Å². The Labute approximate surface area is 138 Å². The second-order valence-corrected chi connectivity index (χ2v) is 6.22. The largest absolute Gasteiger partial charge is 0.490 e. The Morgan fingerprint density at radius 3 is 2.65 bits per heavy atom. The molecule has 4 N–H and O–H groups in total. The first-order chi connectivity index (χ1) is 11.2. The van der Waals surface area contributed by atoms with E-state index in [-0.39, 0.29) is 12.1 Å². The molecule has 1 saturated heterocycles. The highest BCUT2D eigenvalue weighted by molar-refractivity contribution is 7.98. The van der Waals surface area contributed by atoms with Crippen molar-refractivity contribution in [3.05, 3.63) is 34.9 Å². The van der Waals surface area contributed by atoms with Gasteiger partial charge in [-0.1, -0.05) is 12.1 Å². The quantitative estimate of drug-likeness (QED) is 0.731. The Bertz CT molecular complexity index is 563. The van der Waals surface area contributed by atoms with Crippen LogP contribution in [0.5, 0.6) is 5.75 Å². The van der Waals surface area contributed by atoms with Gasteiger partial charge >= 0.3 is 6.03 Å². The van der Waals surface area contributed by atoms with Gasteiger partial charge in [-0.05, 0) is 55.1 Å². The fraction of sp³-hybridized carbons (Fsp3) is 0.400. The zero-order valence-corrected chi connectivity index (χ0v) is 13.3. The van der Waals surface area contributed by atoms with Gasteiger partial charge in [0.15, 0.2) is 0 Å². The lowest BCUT2D eigenvalue weighted by molar-refractivity contribution is -0.0168. The van der Waals surface area contributed by atoms with Crippen molar-refractivity contribution >= 4 is 24.1 Å². The smallest absolute Gasteiger partial charge is 0.312 e. The molecule has 8 heteroatoms. The predicted octanol–water partition coefficient (Wildman–Crippen LogP) is 2.46. The summed E-state index contributed by atoms with van der Waals surface area (Å²) in [4.78, 5) is 15.9. The Kier molecular flexibility index (Phi) is 5.27. The zero-order chi connectivity index (χ0) is 16.1. The number of hydrogen-bond acceptors (Lipinski definition) is 6. The van der Waals surface area contributed by atoms with Crippen LogP contribution in [0.15, 0.2) is 29.4 Å². The SMILES string of the molecule is NC(=O)NC1CCC(Oc2ccc(C=C3ONOS3)cc2)CC1. The van der Waals surface area contributed by atoms with Gasteiger partial charge in [-0.25, -0.2) is 4.79 Å². The number of carbonyl (C=O) groups excluding carboxylic acids is 1. The number of primary amides is 1. The molecule has 0 radical (unpaired) electrons. The summed E-state index contributed by atoms with van der Waals surface area (Å²) in [6.07, 6.45) is 5.64. The normalized spacial score (nSPS) is 25.8. The van der Waals surface area contributed by atoms with Crippen molar-refractivity contribution in [1.82, 2.24) is 11.0 Å². The second kappa shape index (κ2) is 7.58. The average molecular weight is 337 g/mol. The number of nitrogens with one attached hydrogen (secondary N) is 2. The summed E-state index contributed by atoms with van der Waals surface area (Å²) in [6, 6.07) is 7.52. The minimum absolute atomic E-state index is 0.168. The summed E-state index contributed by atoms with van der Waals surface area (Å²) in [5.41, 5.74) is 8.46. The molecule has 124 valence electrons. The topological polar surface area (TPSA) is 94.8 Å². The van der Waals surface area contributed by atoms with Crippen LogP contribution >= 0.6 is 12.0 Å². The first-order valence-corrected chi connectivity index (χ1v) is 8.23. The van der Waals surface area contributed by atoms with E-state index in [9.17, 15) is 4.79 Å². The van der Waals surface area contributed by atoms with Gasteiger partial charge in [0.2, 0.25) is 5.09 Å². The molecule has 1 aromatic carbocycles. The predicted molar refractivity (Wildman–Crippen MR) is 86.7 cm³/mol. The van der Waals surface area contributed by atoms with E-state index in [2.05, 4.69) is 11.0 Å². The molecule has 3 rings (SSSR count). The molecule has 2 amide bonds.